The molecule has 0 saturated heterocycles. The largest absolute Gasteiger partial charge is 0.494 e. The second kappa shape index (κ2) is 8.58. The highest BCUT2D eigenvalue weighted by molar-refractivity contribution is 9.10. The van der Waals surface area contributed by atoms with E-state index in [1.54, 1.807) is 19.2 Å². The van der Waals surface area contributed by atoms with Crippen molar-refractivity contribution in [3.8, 4) is 5.88 Å². The number of hydrogen-bond acceptors (Lipinski definition) is 6. The normalized spacial score (nSPS) is 15.2. The highest BCUT2D eigenvalue weighted by atomic mass is 79.9. The zero-order valence-electron chi connectivity index (χ0n) is 15.7. The molecular weight excluding hydrogens is 568 g/mol. The van der Waals surface area contributed by atoms with Crippen molar-refractivity contribution in [2.24, 2.45) is 9.98 Å². The second-order valence-corrected chi connectivity index (χ2v) is 9.88. The molecule has 31 heavy (non-hydrogen) atoms. The molecule has 0 aliphatic carbocycles. The van der Waals surface area contributed by atoms with Gasteiger partial charge < -0.3 is 15.4 Å². The Hall–Kier alpha value is -2.47. The summed E-state index contributed by atoms with van der Waals surface area (Å²) in [6, 6.07) is 11.0. The Kier molecular flexibility index (Phi) is 6.02. The Labute approximate surface area is 201 Å². The van der Waals surface area contributed by atoms with Crippen molar-refractivity contribution in [3.63, 3.8) is 0 Å². The van der Waals surface area contributed by atoms with E-state index >= 15 is 0 Å². The van der Waals surface area contributed by atoms with Crippen LogP contribution >= 0.6 is 55.4 Å². The number of carbonyl (C=O) groups is 2. The third kappa shape index (κ3) is 4.18. The first kappa shape index (κ1) is 21.8. The Bertz CT molecular complexity index is 1470. The first-order chi connectivity index (χ1) is 14.8. The number of hydrogen-bond donors (Lipinski definition) is 3. The van der Waals surface area contributed by atoms with E-state index in [4.69, 9.17) is 12.2 Å². The zero-order valence-corrected chi connectivity index (χ0v) is 20.5. The van der Waals surface area contributed by atoms with Gasteiger partial charge in [0.2, 0.25) is 5.88 Å². The number of fused-ring (bicyclic) bond motifs is 2. The number of thiazole rings is 1. The van der Waals surface area contributed by atoms with Crippen molar-refractivity contribution < 1.29 is 14.7 Å². The standard InChI is InChI=1S/C11H5BrN2O2S2.C9H7BrN2O/c12-4-1-2-6-5(3-4)7(9(15)13-6)8-10(16)14-11(17)18-8;1-11-8-6-4-5(10)2-3-7(6)12-9(8)13/h1-3,16H,(H,14,17);2-4H,1H3,(H,11,12,13). The van der Waals surface area contributed by atoms with Crippen LogP contribution in [0.5, 0.6) is 5.88 Å². The van der Waals surface area contributed by atoms with Crippen LogP contribution in [0.15, 0.2) is 55.3 Å². The summed E-state index contributed by atoms with van der Waals surface area (Å²) in [4.78, 5) is 34.2. The molecule has 0 saturated carbocycles. The Balaban J connectivity index is 0.000000158. The molecule has 0 atom stereocenters. The van der Waals surface area contributed by atoms with E-state index in [1.165, 1.54) is 0 Å². The first-order valence-electron chi connectivity index (χ1n) is 8.72. The van der Waals surface area contributed by atoms with E-state index in [0.29, 0.717) is 30.7 Å². The maximum atomic E-state index is 11.9. The van der Waals surface area contributed by atoms with Crippen molar-refractivity contribution in [2.45, 2.75) is 0 Å². The van der Waals surface area contributed by atoms with Gasteiger partial charge >= 0.3 is 0 Å². The molecule has 7 nitrogen and oxygen atoms in total. The Morgan fingerprint density at radius 3 is 2.52 bits per heavy atom. The van der Waals surface area contributed by atoms with Gasteiger partial charge in [0, 0.05) is 26.8 Å². The van der Waals surface area contributed by atoms with Gasteiger partial charge in [0.15, 0.2) is 3.95 Å². The van der Waals surface area contributed by atoms with Gasteiger partial charge in [0.1, 0.15) is 10.6 Å². The van der Waals surface area contributed by atoms with E-state index in [2.05, 4.69) is 52.1 Å². The number of carbonyl (C=O) groups excluding carboxylic acids is 2. The van der Waals surface area contributed by atoms with Crippen molar-refractivity contribution in [1.82, 2.24) is 4.98 Å². The lowest BCUT2D eigenvalue weighted by Gasteiger charge is -1.96. The lowest BCUT2D eigenvalue weighted by molar-refractivity contribution is -0.112. The van der Waals surface area contributed by atoms with Crippen LogP contribution < -0.4 is 15.9 Å². The molecule has 3 aromatic rings. The minimum atomic E-state index is -0.358. The van der Waals surface area contributed by atoms with E-state index in [-0.39, 0.29) is 17.7 Å². The fourth-order valence-electron chi connectivity index (χ4n) is 3.14. The molecule has 3 heterocycles. The van der Waals surface area contributed by atoms with Gasteiger partial charge in [-0.3, -0.25) is 14.6 Å². The van der Waals surface area contributed by atoms with Crippen LogP contribution in [0.1, 0.15) is 10.4 Å². The summed E-state index contributed by atoms with van der Waals surface area (Å²) in [5.41, 5.74) is 2.58. The molecule has 0 radical (unpaired) electrons. The van der Waals surface area contributed by atoms with Crippen molar-refractivity contribution in [1.29, 1.82) is 0 Å². The van der Waals surface area contributed by atoms with E-state index in [1.807, 2.05) is 24.3 Å². The van der Waals surface area contributed by atoms with Crippen LogP contribution in [0.3, 0.4) is 0 Å². The molecule has 11 heteroatoms. The molecular formula is C20H12Br2N4O3S2. The fourth-order valence-corrected chi connectivity index (χ4v) is 4.99. The van der Waals surface area contributed by atoms with Gasteiger partial charge in [-0.05, 0) is 48.6 Å². The summed E-state index contributed by atoms with van der Waals surface area (Å²) in [6.45, 7) is 0. The predicted octanol–water partition coefficient (Wildman–Crippen LogP) is 3.45. The molecule has 0 spiro atoms. The number of anilines is 1. The van der Waals surface area contributed by atoms with Crippen LogP contribution in [0.4, 0.5) is 5.69 Å². The number of amides is 2. The monoisotopic (exact) mass is 578 g/mol. The molecule has 2 amide bonds. The predicted molar refractivity (Wildman–Crippen MR) is 129 cm³/mol. The maximum absolute atomic E-state index is 11.9. The maximum Gasteiger partial charge on any atom is 0.279 e. The number of H-pyrrole nitrogens is 1. The lowest BCUT2D eigenvalue weighted by Crippen LogP contribution is -2.22. The summed E-state index contributed by atoms with van der Waals surface area (Å²) in [6.07, 6.45) is 0. The summed E-state index contributed by atoms with van der Waals surface area (Å²) in [5, 5.41) is 13.8. The topological polar surface area (TPSA) is 107 Å². The van der Waals surface area contributed by atoms with Crippen LogP contribution in [0, 0.1) is 3.95 Å². The van der Waals surface area contributed by atoms with Crippen molar-refractivity contribution >= 4 is 84.2 Å². The van der Waals surface area contributed by atoms with Crippen LogP contribution in [-0.2, 0) is 9.59 Å². The summed E-state index contributed by atoms with van der Waals surface area (Å²) in [5.74, 6) is -0.573. The van der Waals surface area contributed by atoms with Gasteiger partial charge in [-0.1, -0.05) is 31.9 Å². The zero-order chi connectivity index (χ0) is 22.3. The van der Waals surface area contributed by atoms with E-state index < -0.39 is 0 Å². The van der Waals surface area contributed by atoms with Crippen molar-refractivity contribution in [2.75, 3.05) is 12.4 Å². The number of aromatic nitrogens is 1. The molecule has 0 unspecified atom stereocenters. The molecule has 3 N–H and O–H groups in total. The number of aliphatic imine (C=N–C) groups is 1. The highest BCUT2D eigenvalue weighted by Gasteiger charge is 2.25. The molecule has 1 aromatic heterocycles. The van der Waals surface area contributed by atoms with Gasteiger partial charge in [-0.25, -0.2) is 4.99 Å². The van der Waals surface area contributed by atoms with Gasteiger partial charge in [-0.2, -0.15) is 0 Å². The number of benzene rings is 2. The summed E-state index contributed by atoms with van der Waals surface area (Å²) in [7, 11) is 1.62. The van der Waals surface area contributed by atoms with Crippen LogP contribution in [0.2, 0.25) is 0 Å². The summed E-state index contributed by atoms with van der Waals surface area (Å²) < 4.78 is 2.22. The molecule has 2 aliphatic heterocycles. The first-order valence-corrected chi connectivity index (χ1v) is 11.5. The SMILES string of the molecule is CN=C1C(=O)Nc2ccc(Br)cc21.O=C1N=c2ccc(Br)cc2=C1c1sc(=S)[nH]c1O. The van der Waals surface area contributed by atoms with Crippen molar-refractivity contribution in [3.05, 3.63) is 70.3 Å². The average molecular weight is 580 g/mol. The van der Waals surface area contributed by atoms with E-state index in [9.17, 15) is 14.7 Å². The number of rotatable bonds is 1. The molecule has 0 fully saturated rings. The number of aromatic amines is 1. The molecule has 0 bridgehead atoms. The third-order valence-electron chi connectivity index (χ3n) is 4.44. The highest BCUT2D eigenvalue weighted by Crippen LogP contribution is 2.29. The second-order valence-electron chi connectivity index (χ2n) is 6.36. The lowest BCUT2D eigenvalue weighted by atomic mass is 10.1. The van der Waals surface area contributed by atoms with Gasteiger partial charge in [-0.15, -0.1) is 11.3 Å². The quantitative estimate of drug-likeness (QED) is 0.384. The Morgan fingerprint density at radius 2 is 1.84 bits per heavy atom. The summed E-state index contributed by atoms with van der Waals surface area (Å²) >= 11 is 12.8. The number of halogens is 2. The number of nitrogens with one attached hydrogen (secondary N) is 2. The number of nitrogens with zero attached hydrogens (tertiary/aromatic N) is 2. The average Bonchev–Trinajstić information content (AvgIpc) is 3.32. The molecule has 2 aromatic carbocycles. The van der Waals surface area contributed by atoms with Crippen LogP contribution in [0.25, 0.3) is 5.57 Å². The van der Waals surface area contributed by atoms with Gasteiger partial charge in [0.05, 0.1) is 16.6 Å². The minimum Gasteiger partial charge on any atom is -0.494 e. The van der Waals surface area contributed by atoms with Crippen LogP contribution in [-0.4, -0.2) is 34.7 Å². The smallest absolute Gasteiger partial charge is 0.279 e. The number of aromatic hydroxyl groups is 1. The van der Waals surface area contributed by atoms with Gasteiger partial charge in [0.25, 0.3) is 11.8 Å². The third-order valence-corrected chi connectivity index (χ3v) is 6.67. The Morgan fingerprint density at radius 1 is 1.13 bits per heavy atom. The molecule has 5 rings (SSSR count). The molecule has 2 aliphatic rings. The fraction of sp³-hybridized carbons (Fsp3) is 0.0500. The molecule has 156 valence electrons. The van der Waals surface area contributed by atoms with E-state index in [0.717, 1.165) is 31.5 Å². The minimum absolute atomic E-state index is 0.0867.